The van der Waals surface area contributed by atoms with Crippen LogP contribution in [0.15, 0.2) is 6.07 Å². The summed E-state index contributed by atoms with van der Waals surface area (Å²) in [4.78, 5) is 24.8. The molecule has 1 aromatic rings. The van der Waals surface area contributed by atoms with Crippen molar-refractivity contribution in [3.63, 3.8) is 0 Å². The standard InChI is InChI=1S/C15H23NO3S/c1-10-9-12(11(2)20-10)14(19)16-8-7-15(3,4)6-5-13(17)18/h9H,5-8H2,1-4H3,(H,16,19)(H,17,18). The third-order valence-electron chi connectivity index (χ3n) is 3.39. The van der Waals surface area contributed by atoms with E-state index in [-0.39, 0.29) is 17.7 Å². The van der Waals surface area contributed by atoms with Crippen LogP contribution in [0.4, 0.5) is 0 Å². The molecule has 1 aromatic heterocycles. The molecule has 0 fully saturated rings. The van der Waals surface area contributed by atoms with Crippen LogP contribution in [0.3, 0.4) is 0 Å². The lowest BCUT2D eigenvalue weighted by atomic mass is 9.84. The van der Waals surface area contributed by atoms with Crippen molar-refractivity contribution in [2.45, 2.75) is 47.0 Å². The summed E-state index contributed by atoms with van der Waals surface area (Å²) in [6, 6.07) is 1.91. The van der Waals surface area contributed by atoms with Gasteiger partial charge >= 0.3 is 5.97 Å². The van der Waals surface area contributed by atoms with E-state index in [9.17, 15) is 9.59 Å². The van der Waals surface area contributed by atoms with Crippen molar-refractivity contribution in [3.8, 4) is 0 Å². The largest absolute Gasteiger partial charge is 0.481 e. The maximum Gasteiger partial charge on any atom is 0.303 e. The maximum absolute atomic E-state index is 12.0. The van der Waals surface area contributed by atoms with Gasteiger partial charge in [0.15, 0.2) is 0 Å². The van der Waals surface area contributed by atoms with Gasteiger partial charge in [0.2, 0.25) is 0 Å². The molecule has 1 rings (SSSR count). The second kappa shape index (κ2) is 6.88. The smallest absolute Gasteiger partial charge is 0.303 e. The van der Waals surface area contributed by atoms with Crippen molar-refractivity contribution >= 4 is 23.2 Å². The van der Waals surface area contributed by atoms with E-state index in [2.05, 4.69) is 5.32 Å². The summed E-state index contributed by atoms with van der Waals surface area (Å²) in [5.74, 6) is -0.813. The van der Waals surface area contributed by atoms with Gasteiger partial charge in [-0.05, 0) is 38.2 Å². The van der Waals surface area contributed by atoms with E-state index in [0.717, 1.165) is 21.7 Å². The molecule has 0 bridgehead atoms. The zero-order valence-electron chi connectivity index (χ0n) is 12.6. The predicted molar refractivity (Wildman–Crippen MR) is 81.4 cm³/mol. The maximum atomic E-state index is 12.0. The number of carboxylic acids is 1. The lowest BCUT2D eigenvalue weighted by Crippen LogP contribution is -2.28. The number of carbonyl (C=O) groups excluding carboxylic acids is 1. The molecule has 20 heavy (non-hydrogen) atoms. The van der Waals surface area contributed by atoms with Gasteiger partial charge in [-0.3, -0.25) is 9.59 Å². The Balaban J connectivity index is 2.42. The summed E-state index contributed by atoms with van der Waals surface area (Å²) < 4.78 is 0. The van der Waals surface area contributed by atoms with Crippen molar-refractivity contribution in [1.82, 2.24) is 5.32 Å². The number of hydrogen-bond acceptors (Lipinski definition) is 3. The first kappa shape index (κ1) is 16.7. The molecule has 112 valence electrons. The Hall–Kier alpha value is -1.36. The van der Waals surface area contributed by atoms with Gasteiger partial charge in [-0.2, -0.15) is 0 Å². The quantitative estimate of drug-likeness (QED) is 0.811. The molecule has 0 aliphatic carbocycles. The van der Waals surface area contributed by atoms with Crippen LogP contribution >= 0.6 is 11.3 Å². The number of hydrogen-bond donors (Lipinski definition) is 2. The minimum absolute atomic E-state index is 0.0408. The second-order valence-electron chi connectivity index (χ2n) is 5.89. The SMILES string of the molecule is Cc1cc(C(=O)NCCC(C)(C)CCC(=O)O)c(C)s1. The topological polar surface area (TPSA) is 66.4 Å². The van der Waals surface area contributed by atoms with Crippen molar-refractivity contribution in [2.75, 3.05) is 6.54 Å². The van der Waals surface area contributed by atoms with Crippen LogP contribution in [-0.4, -0.2) is 23.5 Å². The number of aryl methyl sites for hydroxylation is 2. The van der Waals surface area contributed by atoms with Crippen LogP contribution in [0.1, 0.15) is 53.2 Å². The molecule has 0 atom stereocenters. The molecule has 0 unspecified atom stereocenters. The van der Waals surface area contributed by atoms with E-state index >= 15 is 0 Å². The lowest BCUT2D eigenvalue weighted by Gasteiger charge is -2.23. The molecule has 0 saturated heterocycles. The first-order chi connectivity index (χ1) is 9.21. The van der Waals surface area contributed by atoms with Crippen LogP contribution in [0.25, 0.3) is 0 Å². The highest BCUT2D eigenvalue weighted by atomic mass is 32.1. The minimum atomic E-state index is -0.772. The number of carboxylic acid groups (broad SMARTS) is 1. The second-order valence-corrected chi connectivity index (χ2v) is 7.35. The molecule has 0 saturated carbocycles. The number of amides is 1. The highest BCUT2D eigenvalue weighted by Crippen LogP contribution is 2.26. The van der Waals surface area contributed by atoms with Crippen LogP contribution in [0.5, 0.6) is 0 Å². The van der Waals surface area contributed by atoms with E-state index in [4.69, 9.17) is 5.11 Å². The van der Waals surface area contributed by atoms with Crippen LogP contribution < -0.4 is 5.32 Å². The fraction of sp³-hybridized carbons (Fsp3) is 0.600. The highest BCUT2D eigenvalue weighted by molar-refractivity contribution is 7.12. The van der Waals surface area contributed by atoms with E-state index in [1.165, 1.54) is 0 Å². The summed E-state index contributed by atoms with van der Waals surface area (Å²) in [7, 11) is 0. The summed E-state index contributed by atoms with van der Waals surface area (Å²) in [6.45, 7) is 8.57. The van der Waals surface area contributed by atoms with Crippen LogP contribution in [0.2, 0.25) is 0 Å². The molecule has 0 aliphatic rings. The number of aliphatic carboxylic acids is 1. The average molecular weight is 297 g/mol. The fourth-order valence-corrected chi connectivity index (χ4v) is 2.96. The van der Waals surface area contributed by atoms with Gasteiger partial charge < -0.3 is 10.4 Å². The molecule has 0 aromatic carbocycles. The van der Waals surface area contributed by atoms with Gasteiger partial charge in [0.25, 0.3) is 5.91 Å². The number of carbonyl (C=O) groups is 2. The first-order valence-corrected chi connectivity index (χ1v) is 7.60. The van der Waals surface area contributed by atoms with Gasteiger partial charge in [0, 0.05) is 22.7 Å². The van der Waals surface area contributed by atoms with Crippen molar-refractivity contribution in [3.05, 3.63) is 21.4 Å². The Morgan fingerprint density at radius 1 is 1.30 bits per heavy atom. The first-order valence-electron chi connectivity index (χ1n) is 6.78. The fourth-order valence-electron chi connectivity index (χ4n) is 2.04. The Morgan fingerprint density at radius 3 is 2.45 bits per heavy atom. The zero-order valence-corrected chi connectivity index (χ0v) is 13.4. The van der Waals surface area contributed by atoms with E-state index in [0.29, 0.717) is 13.0 Å². The van der Waals surface area contributed by atoms with Gasteiger partial charge in [-0.1, -0.05) is 13.8 Å². The van der Waals surface area contributed by atoms with E-state index in [1.807, 2.05) is 33.8 Å². The summed E-state index contributed by atoms with van der Waals surface area (Å²) in [5.41, 5.74) is 0.668. The lowest BCUT2D eigenvalue weighted by molar-refractivity contribution is -0.137. The molecule has 0 aliphatic heterocycles. The Bertz CT molecular complexity index is 491. The number of thiophene rings is 1. The third-order valence-corrected chi connectivity index (χ3v) is 4.35. The van der Waals surface area contributed by atoms with Crippen LogP contribution in [-0.2, 0) is 4.79 Å². The predicted octanol–water partition coefficient (Wildman–Crippen LogP) is 3.38. The molecular formula is C15H23NO3S. The molecule has 5 heteroatoms. The molecular weight excluding hydrogens is 274 g/mol. The summed E-state index contributed by atoms with van der Waals surface area (Å²) in [6.07, 6.45) is 1.56. The van der Waals surface area contributed by atoms with Gasteiger partial charge in [-0.25, -0.2) is 0 Å². The summed E-state index contributed by atoms with van der Waals surface area (Å²) >= 11 is 1.62. The Kier molecular flexibility index (Phi) is 5.74. The number of rotatable bonds is 7. The molecule has 4 nitrogen and oxygen atoms in total. The van der Waals surface area contributed by atoms with Gasteiger partial charge in [-0.15, -0.1) is 11.3 Å². The Morgan fingerprint density at radius 2 is 1.95 bits per heavy atom. The third kappa shape index (κ3) is 5.33. The van der Waals surface area contributed by atoms with Gasteiger partial charge in [0.05, 0.1) is 5.56 Å². The zero-order chi connectivity index (χ0) is 15.3. The van der Waals surface area contributed by atoms with Crippen molar-refractivity contribution in [1.29, 1.82) is 0 Å². The minimum Gasteiger partial charge on any atom is -0.481 e. The normalized spacial score (nSPS) is 11.4. The van der Waals surface area contributed by atoms with E-state index in [1.54, 1.807) is 11.3 Å². The summed E-state index contributed by atoms with van der Waals surface area (Å²) in [5, 5.41) is 11.6. The van der Waals surface area contributed by atoms with Crippen LogP contribution in [0, 0.1) is 19.3 Å². The average Bonchev–Trinajstić information content (AvgIpc) is 2.66. The number of nitrogens with one attached hydrogen (secondary N) is 1. The molecule has 2 N–H and O–H groups in total. The molecule has 1 amide bonds. The van der Waals surface area contributed by atoms with Crippen molar-refractivity contribution in [2.24, 2.45) is 5.41 Å². The van der Waals surface area contributed by atoms with E-state index < -0.39 is 5.97 Å². The molecule has 1 heterocycles. The van der Waals surface area contributed by atoms with Crippen molar-refractivity contribution < 1.29 is 14.7 Å². The monoisotopic (exact) mass is 297 g/mol. The highest BCUT2D eigenvalue weighted by Gasteiger charge is 2.19. The molecule has 0 radical (unpaired) electrons. The van der Waals surface area contributed by atoms with Gasteiger partial charge in [0.1, 0.15) is 0 Å². The molecule has 0 spiro atoms. The Labute approximate surface area is 124 Å².